The van der Waals surface area contributed by atoms with E-state index in [0.717, 1.165) is 6.42 Å². The topological polar surface area (TPSA) is 76.4 Å². The second-order valence-corrected chi connectivity index (χ2v) is 4.56. The summed E-state index contributed by atoms with van der Waals surface area (Å²) in [5, 5.41) is 11.2. The smallest absolute Gasteiger partial charge is 0.234 e. The minimum Gasteiger partial charge on any atom is -0.355 e. The molecule has 0 heterocycles. The molecule has 1 N–H and O–H groups in total. The standard InChI is InChI=1S/C13H24N4O2/c1-4-8-15-12(18)11-16(2)10-6-13(19)17(3)9-5-7-14/h4-6,8-11H2,1-3H3,(H,15,18). The maximum Gasteiger partial charge on any atom is 0.234 e. The molecule has 0 aromatic heterocycles. The highest BCUT2D eigenvalue weighted by Gasteiger charge is 2.11. The second-order valence-electron chi connectivity index (χ2n) is 4.56. The van der Waals surface area contributed by atoms with Gasteiger partial charge in [-0.25, -0.2) is 0 Å². The van der Waals surface area contributed by atoms with Crippen LogP contribution in [0.3, 0.4) is 0 Å². The van der Waals surface area contributed by atoms with Crippen LogP contribution in [0.2, 0.25) is 0 Å². The van der Waals surface area contributed by atoms with Crippen LogP contribution >= 0.6 is 0 Å². The van der Waals surface area contributed by atoms with Crippen molar-refractivity contribution < 1.29 is 9.59 Å². The number of hydrogen-bond acceptors (Lipinski definition) is 4. The van der Waals surface area contributed by atoms with Crippen LogP contribution in [0, 0.1) is 11.3 Å². The highest BCUT2D eigenvalue weighted by atomic mass is 16.2. The number of amides is 2. The van der Waals surface area contributed by atoms with Crippen LogP contribution in [0.5, 0.6) is 0 Å². The molecular formula is C13H24N4O2. The Morgan fingerprint density at radius 2 is 1.95 bits per heavy atom. The van der Waals surface area contributed by atoms with Crippen LogP contribution in [0.25, 0.3) is 0 Å². The Morgan fingerprint density at radius 1 is 1.26 bits per heavy atom. The quantitative estimate of drug-likeness (QED) is 0.648. The number of hydrogen-bond donors (Lipinski definition) is 1. The molecule has 0 rings (SSSR count). The molecule has 0 unspecified atom stereocenters. The van der Waals surface area contributed by atoms with Crippen LogP contribution < -0.4 is 5.32 Å². The van der Waals surface area contributed by atoms with E-state index in [1.807, 2.05) is 24.9 Å². The van der Waals surface area contributed by atoms with Gasteiger partial charge in [0.1, 0.15) is 0 Å². The number of nitrogens with zero attached hydrogens (tertiary/aromatic N) is 3. The first-order valence-electron chi connectivity index (χ1n) is 6.57. The predicted octanol–water partition coefficient (Wildman–Crippen LogP) is 0.207. The van der Waals surface area contributed by atoms with Gasteiger partial charge in [-0.2, -0.15) is 5.26 Å². The van der Waals surface area contributed by atoms with Crippen molar-refractivity contribution in [3.05, 3.63) is 0 Å². The molecule has 2 amide bonds. The molecule has 0 spiro atoms. The number of rotatable bonds is 9. The summed E-state index contributed by atoms with van der Waals surface area (Å²) >= 11 is 0. The average Bonchev–Trinajstić information content (AvgIpc) is 2.39. The third-order valence-electron chi connectivity index (χ3n) is 2.68. The summed E-state index contributed by atoms with van der Waals surface area (Å²) in [5.74, 6) is -0.0225. The molecule has 0 saturated carbocycles. The number of carbonyl (C=O) groups excluding carboxylic acids is 2. The molecule has 0 aromatic rings. The van der Waals surface area contributed by atoms with Gasteiger partial charge >= 0.3 is 0 Å². The van der Waals surface area contributed by atoms with Crippen LogP contribution in [0.15, 0.2) is 0 Å². The lowest BCUT2D eigenvalue weighted by Gasteiger charge is -2.19. The largest absolute Gasteiger partial charge is 0.355 e. The zero-order valence-corrected chi connectivity index (χ0v) is 12.1. The van der Waals surface area contributed by atoms with Gasteiger partial charge < -0.3 is 10.2 Å². The van der Waals surface area contributed by atoms with E-state index >= 15 is 0 Å². The van der Waals surface area contributed by atoms with Crippen molar-refractivity contribution in [2.24, 2.45) is 0 Å². The first kappa shape index (κ1) is 17.4. The van der Waals surface area contributed by atoms with E-state index in [-0.39, 0.29) is 11.8 Å². The Morgan fingerprint density at radius 3 is 2.53 bits per heavy atom. The summed E-state index contributed by atoms with van der Waals surface area (Å²) in [6.45, 7) is 3.97. The lowest BCUT2D eigenvalue weighted by Crippen LogP contribution is -2.37. The minimum atomic E-state index is -0.0189. The highest BCUT2D eigenvalue weighted by Crippen LogP contribution is 1.95. The average molecular weight is 268 g/mol. The molecule has 0 atom stereocenters. The van der Waals surface area contributed by atoms with Gasteiger partial charge in [0.05, 0.1) is 19.0 Å². The van der Waals surface area contributed by atoms with Crippen molar-refractivity contribution in [2.75, 3.05) is 40.3 Å². The summed E-state index contributed by atoms with van der Waals surface area (Å²) in [6.07, 6.45) is 1.62. The van der Waals surface area contributed by atoms with E-state index in [1.54, 1.807) is 11.9 Å². The zero-order valence-electron chi connectivity index (χ0n) is 12.1. The molecule has 6 heteroatoms. The molecule has 0 fully saturated rings. The summed E-state index contributed by atoms with van der Waals surface area (Å²) in [6, 6.07) is 2.01. The van der Waals surface area contributed by atoms with Gasteiger partial charge in [0.2, 0.25) is 11.8 Å². The van der Waals surface area contributed by atoms with Gasteiger partial charge in [-0.15, -0.1) is 0 Å². The van der Waals surface area contributed by atoms with Crippen LogP contribution in [0.1, 0.15) is 26.2 Å². The van der Waals surface area contributed by atoms with E-state index in [2.05, 4.69) is 5.32 Å². The molecule has 0 aromatic carbocycles. The fraction of sp³-hybridized carbons (Fsp3) is 0.769. The first-order valence-corrected chi connectivity index (χ1v) is 6.57. The molecule has 0 saturated heterocycles. The Hall–Kier alpha value is -1.61. The molecule has 0 aliphatic carbocycles. The molecule has 0 radical (unpaired) electrons. The number of nitrogens with one attached hydrogen (secondary N) is 1. The summed E-state index contributed by atoms with van der Waals surface area (Å²) in [5.41, 5.74) is 0. The molecular weight excluding hydrogens is 244 g/mol. The third kappa shape index (κ3) is 9.03. The lowest BCUT2D eigenvalue weighted by molar-refractivity contribution is -0.130. The van der Waals surface area contributed by atoms with Gasteiger partial charge in [-0.3, -0.25) is 14.5 Å². The number of likely N-dealkylation sites (N-methyl/N-ethyl adjacent to an activating group) is 1. The van der Waals surface area contributed by atoms with Crippen molar-refractivity contribution in [3.8, 4) is 6.07 Å². The Balaban J connectivity index is 3.83. The lowest BCUT2D eigenvalue weighted by atomic mass is 10.3. The van der Waals surface area contributed by atoms with Crippen molar-refractivity contribution in [2.45, 2.75) is 26.2 Å². The molecule has 0 aliphatic heterocycles. The number of carbonyl (C=O) groups is 2. The Bertz CT molecular complexity index is 325. The summed E-state index contributed by atoms with van der Waals surface area (Å²) in [7, 11) is 3.50. The normalized spacial score (nSPS) is 10.1. The van der Waals surface area contributed by atoms with Crippen molar-refractivity contribution in [1.82, 2.24) is 15.1 Å². The zero-order chi connectivity index (χ0) is 14.7. The van der Waals surface area contributed by atoms with Crippen LogP contribution in [-0.4, -0.2) is 61.9 Å². The van der Waals surface area contributed by atoms with Gasteiger partial charge in [0.15, 0.2) is 0 Å². The third-order valence-corrected chi connectivity index (χ3v) is 2.68. The molecule has 6 nitrogen and oxygen atoms in total. The summed E-state index contributed by atoms with van der Waals surface area (Å²) in [4.78, 5) is 26.5. The van der Waals surface area contributed by atoms with Crippen LogP contribution in [0.4, 0.5) is 0 Å². The second kappa shape index (κ2) is 10.3. The van der Waals surface area contributed by atoms with E-state index in [9.17, 15) is 9.59 Å². The molecule has 0 bridgehead atoms. The highest BCUT2D eigenvalue weighted by molar-refractivity contribution is 5.78. The monoisotopic (exact) mass is 268 g/mol. The Labute approximate surface area is 115 Å². The molecule has 0 aliphatic rings. The van der Waals surface area contributed by atoms with E-state index in [4.69, 9.17) is 5.26 Å². The van der Waals surface area contributed by atoms with Crippen molar-refractivity contribution in [3.63, 3.8) is 0 Å². The summed E-state index contributed by atoms with van der Waals surface area (Å²) < 4.78 is 0. The van der Waals surface area contributed by atoms with Gasteiger partial charge in [0, 0.05) is 33.1 Å². The molecule has 19 heavy (non-hydrogen) atoms. The van der Waals surface area contributed by atoms with Gasteiger partial charge in [-0.1, -0.05) is 6.92 Å². The van der Waals surface area contributed by atoms with E-state index in [0.29, 0.717) is 39.0 Å². The fourth-order valence-corrected chi connectivity index (χ4v) is 1.46. The predicted molar refractivity (Wildman–Crippen MR) is 73.3 cm³/mol. The van der Waals surface area contributed by atoms with Gasteiger partial charge in [-0.05, 0) is 13.5 Å². The van der Waals surface area contributed by atoms with Crippen molar-refractivity contribution in [1.29, 1.82) is 5.26 Å². The molecule has 108 valence electrons. The maximum atomic E-state index is 11.7. The fourth-order valence-electron chi connectivity index (χ4n) is 1.46. The SMILES string of the molecule is CCCNC(=O)CN(C)CCC(=O)N(C)CCC#N. The van der Waals surface area contributed by atoms with Crippen molar-refractivity contribution >= 4 is 11.8 Å². The minimum absolute atomic E-state index is 0.00364. The maximum absolute atomic E-state index is 11.7. The number of nitriles is 1. The Kier molecular flexibility index (Phi) is 9.45. The van der Waals surface area contributed by atoms with E-state index in [1.165, 1.54) is 0 Å². The van der Waals surface area contributed by atoms with Gasteiger partial charge in [0.25, 0.3) is 0 Å². The van der Waals surface area contributed by atoms with Crippen LogP contribution in [-0.2, 0) is 9.59 Å². The van der Waals surface area contributed by atoms with E-state index < -0.39 is 0 Å². The first-order chi connectivity index (χ1) is 9.01.